The van der Waals surface area contributed by atoms with Gasteiger partial charge in [0.2, 0.25) is 5.89 Å². The second-order valence-corrected chi connectivity index (χ2v) is 5.01. The smallest absolute Gasteiger partial charge is 0.257 e. The van der Waals surface area contributed by atoms with Crippen LogP contribution >= 0.6 is 0 Å². The molecule has 0 atom stereocenters. The molecule has 1 amide bonds. The first-order valence-corrected chi connectivity index (χ1v) is 7.23. The normalized spacial score (nSPS) is 10.9. The van der Waals surface area contributed by atoms with E-state index in [0.717, 1.165) is 0 Å². The zero-order valence-corrected chi connectivity index (χ0v) is 13.0. The maximum Gasteiger partial charge on any atom is 0.257 e. The Kier molecular flexibility index (Phi) is 3.57. The lowest BCUT2D eigenvalue weighted by Gasteiger charge is -2.02. The Morgan fingerprint density at radius 3 is 3.16 bits per heavy atom. The summed E-state index contributed by atoms with van der Waals surface area (Å²) < 4.78 is 12.1. The first kappa shape index (κ1) is 14.8. The van der Waals surface area contributed by atoms with Crippen molar-refractivity contribution >= 4 is 17.0 Å². The predicted octanol–water partition coefficient (Wildman–Crippen LogP) is 0.465. The van der Waals surface area contributed by atoms with Gasteiger partial charge in [0, 0.05) is 6.07 Å². The standard InChI is InChI=1S/C14H12N8O3/c1-24-8-2-3-11-10(4-8)18-12(25-11)6-15-14(23)9-5-16-19-13(9)22-7-17-20-21-22/h2-5,7H,6H2,1H3,(H,15,23)(H,16,19). The highest BCUT2D eigenvalue weighted by Gasteiger charge is 2.17. The van der Waals surface area contributed by atoms with E-state index in [4.69, 9.17) is 9.15 Å². The maximum atomic E-state index is 12.4. The summed E-state index contributed by atoms with van der Waals surface area (Å²) in [6, 6.07) is 5.30. The van der Waals surface area contributed by atoms with Crippen LogP contribution in [0.25, 0.3) is 16.9 Å². The van der Waals surface area contributed by atoms with Gasteiger partial charge in [0.25, 0.3) is 5.91 Å². The van der Waals surface area contributed by atoms with Gasteiger partial charge < -0.3 is 14.5 Å². The number of nitrogens with one attached hydrogen (secondary N) is 2. The molecule has 4 aromatic rings. The van der Waals surface area contributed by atoms with Crippen LogP contribution in [0.2, 0.25) is 0 Å². The van der Waals surface area contributed by atoms with Gasteiger partial charge in [-0.25, -0.2) is 4.98 Å². The third-order valence-corrected chi connectivity index (χ3v) is 3.48. The zero-order chi connectivity index (χ0) is 17.2. The molecular weight excluding hydrogens is 328 g/mol. The van der Waals surface area contributed by atoms with Crippen molar-refractivity contribution < 1.29 is 13.9 Å². The molecule has 0 aliphatic heterocycles. The van der Waals surface area contributed by atoms with Crippen molar-refractivity contribution in [3.8, 4) is 11.6 Å². The number of H-pyrrole nitrogens is 1. The Hall–Kier alpha value is -3.76. The Morgan fingerprint density at radius 1 is 1.44 bits per heavy atom. The average molecular weight is 340 g/mol. The van der Waals surface area contributed by atoms with E-state index in [2.05, 4.69) is 36.0 Å². The lowest BCUT2D eigenvalue weighted by molar-refractivity contribution is 0.0947. The summed E-state index contributed by atoms with van der Waals surface area (Å²) >= 11 is 0. The van der Waals surface area contributed by atoms with Crippen molar-refractivity contribution in [2.75, 3.05) is 7.11 Å². The molecule has 3 aromatic heterocycles. The van der Waals surface area contributed by atoms with Crippen LogP contribution in [-0.4, -0.2) is 48.4 Å². The highest BCUT2D eigenvalue weighted by atomic mass is 16.5. The van der Waals surface area contributed by atoms with Crippen LogP contribution in [0.4, 0.5) is 0 Å². The molecule has 11 heteroatoms. The largest absolute Gasteiger partial charge is 0.497 e. The summed E-state index contributed by atoms with van der Waals surface area (Å²) in [5.41, 5.74) is 1.56. The van der Waals surface area contributed by atoms with Gasteiger partial charge in [0.15, 0.2) is 11.4 Å². The van der Waals surface area contributed by atoms with Crippen molar-refractivity contribution in [1.82, 2.24) is 40.7 Å². The van der Waals surface area contributed by atoms with Gasteiger partial charge in [-0.1, -0.05) is 0 Å². The third-order valence-electron chi connectivity index (χ3n) is 3.48. The fourth-order valence-corrected chi connectivity index (χ4v) is 2.29. The monoisotopic (exact) mass is 340 g/mol. The average Bonchev–Trinajstić information content (AvgIpc) is 3.38. The minimum Gasteiger partial charge on any atom is -0.497 e. The van der Waals surface area contributed by atoms with Crippen LogP contribution in [0, 0.1) is 0 Å². The van der Waals surface area contributed by atoms with E-state index in [-0.39, 0.29) is 12.5 Å². The number of tetrazole rings is 1. The first-order valence-electron chi connectivity index (χ1n) is 7.23. The number of amides is 1. The Bertz CT molecular complexity index is 1020. The van der Waals surface area contributed by atoms with Crippen LogP contribution in [0.3, 0.4) is 0 Å². The molecule has 0 spiro atoms. The van der Waals surface area contributed by atoms with Crippen LogP contribution in [0.15, 0.2) is 35.1 Å². The lowest BCUT2D eigenvalue weighted by Crippen LogP contribution is -2.24. The van der Waals surface area contributed by atoms with Gasteiger partial charge in [-0.15, -0.1) is 5.10 Å². The molecular formula is C14H12N8O3. The molecule has 0 saturated carbocycles. The number of rotatable bonds is 5. The molecule has 0 saturated heterocycles. The Balaban J connectivity index is 1.50. The minimum absolute atomic E-state index is 0.121. The second-order valence-electron chi connectivity index (χ2n) is 5.01. The number of carbonyl (C=O) groups excluding carboxylic acids is 1. The number of nitrogens with zero attached hydrogens (tertiary/aromatic N) is 6. The van der Waals surface area contributed by atoms with Gasteiger partial charge in [0.05, 0.1) is 19.9 Å². The highest BCUT2D eigenvalue weighted by Crippen LogP contribution is 2.21. The number of ether oxygens (including phenoxy) is 1. The van der Waals surface area contributed by atoms with Crippen LogP contribution in [0.5, 0.6) is 5.75 Å². The summed E-state index contributed by atoms with van der Waals surface area (Å²) in [6.07, 6.45) is 2.75. The van der Waals surface area contributed by atoms with E-state index < -0.39 is 0 Å². The fourth-order valence-electron chi connectivity index (χ4n) is 2.29. The number of fused-ring (bicyclic) bond motifs is 1. The van der Waals surface area contributed by atoms with Crippen LogP contribution in [-0.2, 0) is 6.54 Å². The number of benzene rings is 1. The zero-order valence-electron chi connectivity index (χ0n) is 13.0. The Labute approximate surface area is 140 Å². The molecule has 2 N–H and O–H groups in total. The number of hydrogen-bond acceptors (Lipinski definition) is 8. The van der Waals surface area contributed by atoms with E-state index in [1.165, 1.54) is 17.2 Å². The SMILES string of the molecule is COc1ccc2oc(CNC(=O)c3cn[nH]c3-n3cnnn3)nc2c1. The number of aromatic nitrogens is 7. The quantitative estimate of drug-likeness (QED) is 0.535. The first-order chi connectivity index (χ1) is 12.2. The minimum atomic E-state index is -0.362. The molecule has 0 radical (unpaired) electrons. The number of methoxy groups -OCH3 is 1. The van der Waals surface area contributed by atoms with Gasteiger partial charge in [0.1, 0.15) is 23.2 Å². The number of aromatic amines is 1. The molecule has 11 nitrogen and oxygen atoms in total. The van der Waals surface area contributed by atoms with Crippen LogP contribution < -0.4 is 10.1 Å². The third kappa shape index (κ3) is 2.78. The summed E-state index contributed by atoms with van der Waals surface area (Å²) in [5, 5.41) is 20.0. The van der Waals surface area contributed by atoms with Crippen molar-refractivity contribution in [3.63, 3.8) is 0 Å². The molecule has 0 unspecified atom stereocenters. The molecule has 0 fully saturated rings. The topological polar surface area (TPSA) is 137 Å². The summed E-state index contributed by atoms with van der Waals surface area (Å²) in [7, 11) is 1.58. The van der Waals surface area contributed by atoms with Gasteiger partial charge >= 0.3 is 0 Å². The molecule has 3 heterocycles. The highest BCUT2D eigenvalue weighted by molar-refractivity contribution is 5.96. The van der Waals surface area contributed by atoms with Crippen LogP contribution in [0.1, 0.15) is 16.2 Å². The molecule has 0 aliphatic rings. The van der Waals surface area contributed by atoms with Gasteiger partial charge in [-0.05, 0) is 22.6 Å². The van der Waals surface area contributed by atoms with Gasteiger partial charge in [-0.3, -0.25) is 9.89 Å². The second kappa shape index (κ2) is 6.03. The van der Waals surface area contributed by atoms with E-state index >= 15 is 0 Å². The summed E-state index contributed by atoms with van der Waals surface area (Å²) in [6.45, 7) is 0.121. The van der Waals surface area contributed by atoms with Crippen molar-refractivity contribution in [3.05, 3.63) is 42.2 Å². The predicted molar refractivity (Wildman–Crippen MR) is 83.0 cm³/mol. The lowest BCUT2D eigenvalue weighted by atomic mass is 10.3. The summed E-state index contributed by atoms with van der Waals surface area (Å²) in [4.78, 5) is 16.7. The fraction of sp³-hybridized carbons (Fsp3) is 0.143. The summed E-state index contributed by atoms with van der Waals surface area (Å²) in [5.74, 6) is 1.06. The molecule has 126 valence electrons. The number of carbonyl (C=O) groups is 1. The van der Waals surface area contributed by atoms with E-state index in [9.17, 15) is 4.79 Å². The van der Waals surface area contributed by atoms with Gasteiger partial charge in [-0.2, -0.15) is 9.78 Å². The molecule has 0 bridgehead atoms. The van der Waals surface area contributed by atoms with Crippen molar-refractivity contribution in [1.29, 1.82) is 0 Å². The molecule has 1 aromatic carbocycles. The molecule has 0 aliphatic carbocycles. The van der Waals surface area contributed by atoms with E-state index in [1.54, 1.807) is 25.3 Å². The maximum absolute atomic E-state index is 12.4. The van der Waals surface area contributed by atoms with Crippen molar-refractivity contribution in [2.24, 2.45) is 0 Å². The molecule has 4 rings (SSSR count). The number of oxazole rings is 1. The number of hydrogen-bond donors (Lipinski definition) is 2. The van der Waals surface area contributed by atoms with E-state index in [0.29, 0.717) is 34.1 Å². The van der Waals surface area contributed by atoms with Crippen molar-refractivity contribution in [2.45, 2.75) is 6.54 Å². The Morgan fingerprint density at radius 2 is 2.36 bits per heavy atom. The van der Waals surface area contributed by atoms with E-state index in [1.807, 2.05) is 0 Å². The molecule has 25 heavy (non-hydrogen) atoms.